The Morgan fingerprint density at radius 2 is 1.64 bits per heavy atom. The number of carboxylic acids is 1. The van der Waals surface area contributed by atoms with Crippen molar-refractivity contribution in [2.45, 2.75) is 18.4 Å². The fourth-order valence-corrected chi connectivity index (χ4v) is 3.77. The summed E-state index contributed by atoms with van der Waals surface area (Å²) in [6.45, 7) is 0.329. The summed E-state index contributed by atoms with van der Waals surface area (Å²) in [5, 5.41) is 14.0. The van der Waals surface area contributed by atoms with Crippen LogP contribution in [-0.2, 0) is 23.8 Å². The van der Waals surface area contributed by atoms with Gasteiger partial charge in [-0.05, 0) is 22.3 Å². The summed E-state index contributed by atoms with van der Waals surface area (Å²) < 4.78 is 15.4. The van der Waals surface area contributed by atoms with E-state index in [4.69, 9.17) is 19.3 Å². The first-order valence-corrected chi connectivity index (χ1v) is 10.7. The summed E-state index contributed by atoms with van der Waals surface area (Å²) in [4.78, 5) is 35.0. The van der Waals surface area contributed by atoms with Crippen LogP contribution in [0.3, 0.4) is 0 Å². The molecule has 0 heterocycles. The van der Waals surface area contributed by atoms with Crippen LogP contribution >= 0.6 is 0 Å². The molecule has 9 nitrogen and oxygen atoms in total. The molecule has 33 heavy (non-hydrogen) atoms. The molecular weight excluding hydrogens is 428 g/mol. The SMILES string of the molecule is COCCC(NC(=O)COCCNC(=O)OCC1c2ccccc2-c2ccccc21)C(=O)O. The van der Waals surface area contributed by atoms with Crippen LogP contribution in [0.2, 0.25) is 0 Å². The third-order valence-corrected chi connectivity index (χ3v) is 5.34. The van der Waals surface area contributed by atoms with Gasteiger partial charge in [-0.3, -0.25) is 4.79 Å². The van der Waals surface area contributed by atoms with Gasteiger partial charge in [-0.15, -0.1) is 0 Å². The van der Waals surface area contributed by atoms with E-state index in [-0.39, 0.29) is 45.3 Å². The van der Waals surface area contributed by atoms with Crippen LogP contribution < -0.4 is 10.6 Å². The minimum Gasteiger partial charge on any atom is -0.480 e. The predicted molar refractivity (Wildman–Crippen MR) is 120 cm³/mol. The van der Waals surface area contributed by atoms with Crippen LogP contribution in [0, 0.1) is 0 Å². The van der Waals surface area contributed by atoms with Crippen molar-refractivity contribution in [2.24, 2.45) is 0 Å². The molecule has 1 unspecified atom stereocenters. The van der Waals surface area contributed by atoms with Gasteiger partial charge in [0, 0.05) is 32.6 Å². The predicted octanol–water partition coefficient (Wildman–Crippen LogP) is 2.15. The molecule has 3 rings (SSSR count). The smallest absolute Gasteiger partial charge is 0.407 e. The average Bonchev–Trinajstić information content (AvgIpc) is 3.13. The number of methoxy groups -OCH3 is 1. The Labute approximate surface area is 192 Å². The Hall–Kier alpha value is -3.43. The van der Waals surface area contributed by atoms with Crippen molar-refractivity contribution in [1.29, 1.82) is 0 Å². The fraction of sp³-hybridized carbons (Fsp3) is 0.375. The Bertz CT molecular complexity index is 933. The van der Waals surface area contributed by atoms with E-state index in [0.29, 0.717) is 0 Å². The molecule has 1 atom stereocenters. The molecule has 2 aromatic rings. The summed E-state index contributed by atoms with van der Waals surface area (Å²) in [5.74, 6) is -1.72. The topological polar surface area (TPSA) is 123 Å². The molecule has 0 radical (unpaired) electrons. The number of benzene rings is 2. The number of carbonyl (C=O) groups is 3. The molecule has 2 amide bonds. The number of hydrogen-bond acceptors (Lipinski definition) is 6. The molecule has 0 fully saturated rings. The standard InChI is InChI=1S/C24H28N2O7/c1-31-12-10-21(23(28)29)26-22(27)15-32-13-11-25-24(30)33-14-20-18-8-4-2-6-16(18)17-7-3-5-9-19(17)20/h2-9,20-21H,10-15H2,1H3,(H,25,30)(H,26,27)(H,28,29). The van der Waals surface area contributed by atoms with Crippen molar-refractivity contribution in [3.63, 3.8) is 0 Å². The number of nitrogens with one attached hydrogen (secondary N) is 2. The Morgan fingerprint density at radius 1 is 1.00 bits per heavy atom. The molecule has 0 saturated carbocycles. The fourth-order valence-electron chi connectivity index (χ4n) is 3.77. The number of amides is 2. The first-order valence-electron chi connectivity index (χ1n) is 10.7. The molecule has 0 spiro atoms. The maximum atomic E-state index is 12.1. The monoisotopic (exact) mass is 456 g/mol. The molecule has 3 N–H and O–H groups in total. The lowest BCUT2D eigenvalue weighted by molar-refractivity contribution is -0.143. The average molecular weight is 456 g/mol. The lowest BCUT2D eigenvalue weighted by Gasteiger charge is -2.15. The molecule has 0 aliphatic heterocycles. The number of hydrogen-bond donors (Lipinski definition) is 3. The molecule has 0 aromatic heterocycles. The van der Waals surface area contributed by atoms with Gasteiger partial charge in [0.1, 0.15) is 19.3 Å². The molecule has 0 bridgehead atoms. The summed E-state index contributed by atoms with van der Waals surface area (Å²) in [5.41, 5.74) is 4.57. The van der Waals surface area contributed by atoms with E-state index in [9.17, 15) is 14.4 Å². The van der Waals surface area contributed by atoms with Crippen molar-refractivity contribution in [2.75, 3.05) is 40.1 Å². The minimum absolute atomic E-state index is 0.0246. The zero-order valence-corrected chi connectivity index (χ0v) is 18.4. The van der Waals surface area contributed by atoms with E-state index < -0.39 is 24.0 Å². The van der Waals surface area contributed by atoms with Crippen molar-refractivity contribution < 1.29 is 33.7 Å². The number of carbonyl (C=O) groups excluding carboxylic acids is 2. The third-order valence-electron chi connectivity index (χ3n) is 5.34. The van der Waals surface area contributed by atoms with Crippen LogP contribution in [0.25, 0.3) is 11.1 Å². The normalized spacial score (nSPS) is 13.0. The maximum Gasteiger partial charge on any atom is 0.407 e. The second kappa shape index (κ2) is 12.0. The highest BCUT2D eigenvalue weighted by Gasteiger charge is 2.29. The largest absolute Gasteiger partial charge is 0.480 e. The number of fused-ring (bicyclic) bond motifs is 3. The lowest BCUT2D eigenvalue weighted by atomic mass is 9.98. The van der Waals surface area contributed by atoms with E-state index in [1.807, 2.05) is 36.4 Å². The molecule has 0 saturated heterocycles. The number of aliphatic carboxylic acids is 1. The van der Waals surface area contributed by atoms with Gasteiger partial charge in [0.2, 0.25) is 5.91 Å². The van der Waals surface area contributed by atoms with E-state index in [0.717, 1.165) is 22.3 Å². The highest BCUT2D eigenvalue weighted by atomic mass is 16.5. The number of ether oxygens (including phenoxy) is 3. The minimum atomic E-state index is -1.14. The first-order chi connectivity index (χ1) is 16.0. The van der Waals surface area contributed by atoms with E-state index in [2.05, 4.69) is 22.8 Å². The van der Waals surface area contributed by atoms with Gasteiger partial charge in [0.25, 0.3) is 0 Å². The van der Waals surface area contributed by atoms with Gasteiger partial charge >= 0.3 is 12.1 Å². The zero-order valence-electron chi connectivity index (χ0n) is 18.4. The third kappa shape index (κ3) is 6.53. The van der Waals surface area contributed by atoms with Crippen molar-refractivity contribution in [3.05, 3.63) is 59.7 Å². The molecule has 2 aromatic carbocycles. The molecule has 176 valence electrons. The van der Waals surface area contributed by atoms with Gasteiger partial charge in [0.15, 0.2) is 0 Å². The van der Waals surface area contributed by atoms with Gasteiger partial charge in [-0.25, -0.2) is 9.59 Å². The lowest BCUT2D eigenvalue weighted by Crippen LogP contribution is -2.43. The molecular formula is C24H28N2O7. The van der Waals surface area contributed by atoms with E-state index in [1.165, 1.54) is 7.11 Å². The van der Waals surface area contributed by atoms with E-state index in [1.54, 1.807) is 0 Å². The summed E-state index contributed by atoms with van der Waals surface area (Å²) in [6, 6.07) is 15.1. The highest BCUT2D eigenvalue weighted by Crippen LogP contribution is 2.44. The molecule has 1 aliphatic carbocycles. The van der Waals surface area contributed by atoms with Crippen LogP contribution in [-0.4, -0.2) is 69.2 Å². The Balaban J connectivity index is 1.36. The quantitative estimate of drug-likeness (QED) is 0.418. The Morgan fingerprint density at radius 3 is 2.24 bits per heavy atom. The summed E-state index contributed by atoms with van der Waals surface area (Å²) in [6.07, 6.45) is -0.420. The van der Waals surface area contributed by atoms with E-state index >= 15 is 0 Å². The van der Waals surface area contributed by atoms with Gasteiger partial charge in [-0.2, -0.15) is 0 Å². The van der Waals surface area contributed by atoms with Gasteiger partial charge in [-0.1, -0.05) is 48.5 Å². The number of rotatable bonds is 12. The van der Waals surface area contributed by atoms with Gasteiger partial charge < -0.3 is 30.0 Å². The second-order valence-electron chi connectivity index (χ2n) is 7.54. The Kier molecular flexibility index (Phi) is 8.79. The highest BCUT2D eigenvalue weighted by molar-refractivity contribution is 5.84. The van der Waals surface area contributed by atoms with Crippen LogP contribution in [0.15, 0.2) is 48.5 Å². The molecule has 1 aliphatic rings. The van der Waals surface area contributed by atoms with Crippen LogP contribution in [0.1, 0.15) is 23.5 Å². The number of alkyl carbamates (subject to hydrolysis) is 1. The van der Waals surface area contributed by atoms with Crippen molar-refractivity contribution >= 4 is 18.0 Å². The summed E-state index contributed by atoms with van der Waals surface area (Å²) in [7, 11) is 1.45. The van der Waals surface area contributed by atoms with Crippen molar-refractivity contribution in [3.8, 4) is 11.1 Å². The van der Waals surface area contributed by atoms with Gasteiger partial charge in [0.05, 0.1) is 6.61 Å². The van der Waals surface area contributed by atoms with Crippen LogP contribution in [0.5, 0.6) is 0 Å². The summed E-state index contributed by atoms with van der Waals surface area (Å²) >= 11 is 0. The second-order valence-corrected chi connectivity index (χ2v) is 7.54. The first kappa shape index (κ1) is 24.2. The van der Waals surface area contributed by atoms with Crippen molar-refractivity contribution in [1.82, 2.24) is 10.6 Å². The molecule has 9 heteroatoms. The zero-order chi connectivity index (χ0) is 23.6. The van der Waals surface area contributed by atoms with Crippen LogP contribution in [0.4, 0.5) is 4.79 Å². The number of carboxylic acid groups (broad SMARTS) is 1. The maximum absolute atomic E-state index is 12.1.